The lowest BCUT2D eigenvalue weighted by Gasteiger charge is -2.19. The fraction of sp³-hybridized carbons (Fsp3) is 0.500. The second kappa shape index (κ2) is 5.24. The number of aliphatic hydroxyl groups excluding tert-OH is 1. The van der Waals surface area contributed by atoms with E-state index in [2.05, 4.69) is 5.32 Å². The molecule has 84 valence electrons. The van der Waals surface area contributed by atoms with Crippen LogP contribution >= 0.6 is 0 Å². The Balaban J connectivity index is 2.87. The fourth-order valence-corrected chi connectivity index (χ4v) is 1.48. The summed E-state index contributed by atoms with van der Waals surface area (Å²) >= 11 is 0. The number of rotatable bonds is 4. The van der Waals surface area contributed by atoms with Crippen molar-refractivity contribution in [3.8, 4) is 0 Å². The van der Waals surface area contributed by atoms with Crippen molar-refractivity contribution in [3.05, 3.63) is 35.1 Å². The first kappa shape index (κ1) is 12.1. The topological polar surface area (TPSA) is 32.3 Å². The van der Waals surface area contributed by atoms with Crippen LogP contribution in [0.1, 0.15) is 31.0 Å². The van der Waals surface area contributed by atoms with Gasteiger partial charge >= 0.3 is 0 Å². The predicted octanol–water partition coefficient (Wildman–Crippen LogP) is 2.17. The van der Waals surface area contributed by atoms with E-state index >= 15 is 0 Å². The number of nitrogens with one attached hydrogen (secondary N) is 1. The lowest BCUT2D eigenvalue weighted by Crippen LogP contribution is -2.30. The number of benzene rings is 1. The molecular formula is C12H18FNO. The highest BCUT2D eigenvalue weighted by Gasteiger charge is 2.12. The van der Waals surface area contributed by atoms with Crippen LogP contribution < -0.4 is 5.32 Å². The molecule has 15 heavy (non-hydrogen) atoms. The average molecular weight is 211 g/mol. The first-order valence-corrected chi connectivity index (χ1v) is 5.17. The Labute approximate surface area is 90.1 Å². The second-order valence-electron chi connectivity index (χ2n) is 4.07. The highest BCUT2D eigenvalue weighted by atomic mass is 19.1. The zero-order valence-electron chi connectivity index (χ0n) is 9.42. The predicted molar refractivity (Wildman–Crippen MR) is 59.2 cm³/mol. The number of hydrogen-bond acceptors (Lipinski definition) is 2. The van der Waals surface area contributed by atoms with E-state index in [1.54, 1.807) is 13.0 Å². The van der Waals surface area contributed by atoms with Crippen LogP contribution in [0.5, 0.6) is 0 Å². The van der Waals surface area contributed by atoms with Gasteiger partial charge in [0.1, 0.15) is 5.82 Å². The summed E-state index contributed by atoms with van der Waals surface area (Å²) in [5.74, 6) is -0.225. The van der Waals surface area contributed by atoms with Crippen molar-refractivity contribution < 1.29 is 9.50 Å². The standard InChI is InChI=1S/C12H18FNO/c1-8(2)14-12(7-15)10-5-4-9(3)11(13)6-10/h4-6,8,12,14-15H,7H2,1-3H3. The summed E-state index contributed by atoms with van der Waals surface area (Å²) in [4.78, 5) is 0. The summed E-state index contributed by atoms with van der Waals surface area (Å²) in [6.45, 7) is 5.68. The second-order valence-corrected chi connectivity index (χ2v) is 4.07. The van der Waals surface area contributed by atoms with E-state index in [4.69, 9.17) is 0 Å². The summed E-state index contributed by atoms with van der Waals surface area (Å²) in [7, 11) is 0. The van der Waals surface area contributed by atoms with E-state index in [-0.39, 0.29) is 24.5 Å². The van der Waals surface area contributed by atoms with E-state index in [9.17, 15) is 9.50 Å². The van der Waals surface area contributed by atoms with Gasteiger partial charge in [0.2, 0.25) is 0 Å². The third kappa shape index (κ3) is 3.29. The Kier molecular flexibility index (Phi) is 4.24. The van der Waals surface area contributed by atoms with Crippen molar-refractivity contribution in [1.29, 1.82) is 0 Å². The molecule has 1 aromatic carbocycles. The van der Waals surface area contributed by atoms with Crippen molar-refractivity contribution in [1.82, 2.24) is 5.32 Å². The maximum atomic E-state index is 13.3. The lowest BCUT2D eigenvalue weighted by molar-refractivity contribution is 0.237. The largest absolute Gasteiger partial charge is 0.394 e. The molecule has 1 atom stereocenters. The Morgan fingerprint density at radius 2 is 2.07 bits per heavy atom. The van der Waals surface area contributed by atoms with Crippen LogP contribution in [-0.4, -0.2) is 17.8 Å². The van der Waals surface area contributed by atoms with Crippen molar-refractivity contribution >= 4 is 0 Å². The van der Waals surface area contributed by atoms with Crippen LogP contribution in [0.4, 0.5) is 4.39 Å². The Morgan fingerprint density at radius 1 is 1.40 bits per heavy atom. The van der Waals surface area contributed by atoms with Gasteiger partial charge in [-0.05, 0) is 24.1 Å². The molecule has 0 aliphatic carbocycles. The molecule has 1 aromatic rings. The van der Waals surface area contributed by atoms with Gasteiger partial charge < -0.3 is 10.4 Å². The van der Waals surface area contributed by atoms with Crippen molar-refractivity contribution in [3.63, 3.8) is 0 Å². The summed E-state index contributed by atoms with van der Waals surface area (Å²) < 4.78 is 13.3. The molecular weight excluding hydrogens is 193 g/mol. The number of aryl methyl sites for hydroxylation is 1. The Hall–Kier alpha value is -0.930. The molecule has 0 aliphatic rings. The van der Waals surface area contributed by atoms with E-state index in [0.717, 1.165) is 5.56 Å². The maximum Gasteiger partial charge on any atom is 0.126 e. The molecule has 0 saturated carbocycles. The van der Waals surface area contributed by atoms with Gasteiger partial charge in [-0.15, -0.1) is 0 Å². The zero-order valence-corrected chi connectivity index (χ0v) is 9.42. The fourth-order valence-electron chi connectivity index (χ4n) is 1.48. The van der Waals surface area contributed by atoms with Crippen LogP contribution in [0.3, 0.4) is 0 Å². The summed E-state index contributed by atoms with van der Waals surface area (Å²) in [5, 5.41) is 12.4. The van der Waals surface area contributed by atoms with Crippen molar-refractivity contribution in [2.45, 2.75) is 32.9 Å². The van der Waals surface area contributed by atoms with Crippen molar-refractivity contribution in [2.24, 2.45) is 0 Å². The van der Waals surface area contributed by atoms with E-state index in [1.165, 1.54) is 6.07 Å². The highest BCUT2D eigenvalue weighted by Crippen LogP contribution is 2.16. The molecule has 2 nitrogen and oxygen atoms in total. The van der Waals surface area contributed by atoms with Gasteiger partial charge in [0, 0.05) is 6.04 Å². The lowest BCUT2D eigenvalue weighted by atomic mass is 10.0. The van der Waals surface area contributed by atoms with Gasteiger partial charge in [-0.25, -0.2) is 4.39 Å². The van der Waals surface area contributed by atoms with Crippen LogP contribution in [0.15, 0.2) is 18.2 Å². The quantitative estimate of drug-likeness (QED) is 0.800. The molecule has 1 rings (SSSR count). The molecule has 0 spiro atoms. The molecule has 3 heteroatoms. The summed E-state index contributed by atoms with van der Waals surface area (Å²) in [6.07, 6.45) is 0. The number of hydrogen-bond donors (Lipinski definition) is 2. The Morgan fingerprint density at radius 3 is 2.53 bits per heavy atom. The molecule has 0 radical (unpaired) electrons. The molecule has 1 unspecified atom stereocenters. The van der Waals surface area contributed by atoms with Gasteiger partial charge in [-0.2, -0.15) is 0 Å². The van der Waals surface area contributed by atoms with Gasteiger partial charge in [0.05, 0.1) is 12.6 Å². The first-order valence-electron chi connectivity index (χ1n) is 5.17. The third-order valence-corrected chi connectivity index (χ3v) is 2.32. The van der Waals surface area contributed by atoms with Gasteiger partial charge in [-0.3, -0.25) is 0 Å². The minimum Gasteiger partial charge on any atom is -0.394 e. The Bertz CT molecular complexity index is 325. The SMILES string of the molecule is Cc1ccc(C(CO)NC(C)C)cc1F. The van der Waals surface area contributed by atoms with E-state index in [1.807, 2.05) is 19.9 Å². The van der Waals surface area contributed by atoms with Crippen LogP contribution in [0, 0.1) is 12.7 Å². The normalized spacial score (nSPS) is 13.2. The van der Waals surface area contributed by atoms with Crippen LogP contribution in [0.2, 0.25) is 0 Å². The molecule has 0 aromatic heterocycles. The minimum atomic E-state index is -0.225. The molecule has 0 amide bonds. The maximum absolute atomic E-state index is 13.3. The molecule has 0 heterocycles. The smallest absolute Gasteiger partial charge is 0.126 e. The summed E-state index contributed by atoms with van der Waals surface area (Å²) in [5.41, 5.74) is 1.41. The molecule has 0 fully saturated rings. The minimum absolute atomic E-state index is 0.0271. The molecule has 0 saturated heterocycles. The zero-order chi connectivity index (χ0) is 11.4. The van der Waals surface area contributed by atoms with Crippen LogP contribution in [0.25, 0.3) is 0 Å². The monoisotopic (exact) mass is 211 g/mol. The van der Waals surface area contributed by atoms with Crippen molar-refractivity contribution in [2.75, 3.05) is 6.61 Å². The van der Waals surface area contributed by atoms with E-state index in [0.29, 0.717) is 5.56 Å². The molecule has 0 bridgehead atoms. The van der Waals surface area contributed by atoms with E-state index < -0.39 is 0 Å². The van der Waals surface area contributed by atoms with Gasteiger partial charge in [0.15, 0.2) is 0 Å². The summed E-state index contributed by atoms with van der Waals surface area (Å²) in [6, 6.07) is 5.11. The first-order chi connectivity index (χ1) is 7.04. The molecule has 0 aliphatic heterocycles. The number of aliphatic hydroxyl groups is 1. The van der Waals surface area contributed by atoms with Gasteiger partial charge in [-0.1, -0.05) is 26.0 Å². The van der Waals surface area contributed by atoms with Crippen LogP contribution in [-0.2, 0) is 0 Å². The third-order valence-electron chi connectivity index (χ3n) is 2.32. The average Bonchev–Trinajstić information content (AvgIpc) is 2.18. The highest BCUT2D eigenvalue weighted by molar-refractivity contribution is 5.25. The number of halogens is 1. The van der Waals surface area contributed by atoms with Gasteiger partial charge in [0.25, 0.3) is 0 Å². The molecule has 2 N–H and O–H groups in total.